The smallest absolute Gasteiger partial charge is 0.270 e. The molecule has 0 saturated heterocycles. The van der Waals surface area contributed by atoms with E-state index in [2.05, 4.69) is 26.6 Å². The van der Waals surface area contributed by atoms with E-state index in [9.17, 15) is 4.79 Å². The Morgan fingerprint density at radius 3 is 2.83 bits per heavy atom. The van der Waals surface area contributed by atoms with E-state index in [1.54, 1.807) is 19.4 Å². The fourth-order valence-corrected chi connectivity index (χ4v) is 2.76. The Hall–Kier alpha value is -2.89. The normalized spacial score (nSPS) is 12.3. The molecule has 2 heterocycles. The highest BCUT2D eigenvalue weighted by Gasteiger charge is 2.28. The number of carbonyl (C=O) groups is 1. The predicted octanol–water partition coefficient (Wildman–Crippen LogP) is 2.61. The Morgan fingerprint density at radius 1 is 1.30 bits per heavy atom. The highest BCUT2D eigenvalue weighted by atomic mass is 16.5. The van der Waals surface area contributed by atoms with E-state index in [4.69, 9.17) is 4.74 Å². The largest absolute Gasteiger partial charge is 0.481 e. The van der Waals surface area contributed by atoms with Gasteiger partial charge in [-0.25, -0.2) is 4.98 Å². The summed E-state index contributed by atoms with van der Waals surface area (Å²) in [4.78, 5) is 16.8. The molecule has 116 valence electrons. The lowest BCUT2D eigenvalue weighted by Gasteiger charge is -2.26. The van der Waals surface area contributed by atoms with Crippen LogP contribution in [0.5, 0.6) is 5.88 Å². The third-order valence-electron chi connectivity index (χ3n) is 4.21. The molecule has 2 aromatic rings. The van der Waals surface area contributed by atoms with Gasteiger partial charge < -0.3 is 10.1 Å². The molecule has 23 heavy (non-hydrogen) atoms. The second-order valence-electron chi connectivity index (χ2n) is 6.19. The van der Waals surface area contributed by atoms with Crippen LogP contribution in [0.4, 0.5) is 0 Å². The third kappa shape index (κ3) is 2.14. The minimum atomic E-state index is -0.567. The lowest BCUT2D eigenvalue weighted by molar-refractivity contribution is 0.0908. The number of pyridine rings is 1. The first-order valence-electron chi connectivity index (χ1n) is 7.35. The topological polar surface area (TPSA) is 79.9 Å². The van der Waals surface area contributed by atoms with E-state index in [0.29, 0.717) is 11.6 Å². The molecule has 0 fully saturated rings. The summed E-state index contributed by atoms with van der Waals surface area (Å²) in [5.74, 6) is 0.361. The van der Waals surface area contributed by atoms with Crippen molar-refractivity contribution in [1.29, 1.82) is 0 Å². The lowest BCUT2D eigenvalue weighted by Crippen LogP contribution is -2.41. The molecular weight excluding hydrogens is 292 g/mol. The van der Waals surface area contributed by atoms with Gasteiger partial charge in [-0.05, 0) is 43.2 Å². The monoisotopic (exact) mass is 308 g/mol. The number of ether oxygens (including phenoxy) is 1. The number of H-pyrrole nitrogens is 1. The van der Waals surface area contributed by atoms with E-state index < -0.39 is 5.54 Å². The van der Waals surface area contributed by atoms with Gasteiger partial charge in [0.1, 0.15) is 11.2 Å². The molecule has 2 N–H and O–H groups in total. The molecule has 0 bridgehead atoms. The second kappa shape index (κ2) is 4.55. The summed E-state index contributed by atoms with van der Waals surface area (Å²) in [7, 11) is 1.57. The van der Waals surface area contributed by atoms with Crippen molar-refractivity contribution in [2.45, 2.75) is 19.4 Å². The van der Waals surface area contributed by atoms with E-state index in [1.165, 1.54) is 5.56 Å². The zero-order chi connectivity index (χ0) is 16.2. The van der Waals surface area contributed by atoms with Gasteiger partial charge in [0, 0.05) is 23.2 Å². The minimum absolute atomic E-state index is 0.182. The molecule has 0 atom stereocenters. The molecule has 4 rings (SSSR count). The number of hydrogen-bond acceptors (Lipinski definition) is 4. The fourth-order valence-electron chi connectivity index (χ4n) is 2.76. The van der Waals surface area contributed by atoms with Crippen molar-refractivity contribution in [3.8, 4) is 17.0 Å². The molecule has 0 spiro atoms. The highest BCUT2D eigenvalue weighted by Crippen LogP contribution is 2.43. The molecule has 0 radical (unpaired) electrons. The number of nitrogens with zero attached hydrogens (tertiary/aromatic N) is 2. The zero-order valence-corrected chi connectivity index (χ0v) is 13.1. The number of aromatic amines is 1. The van der Waals surface area contributed by atoms with Crippen LogP contribution in [0.2, 0.25) is 0 Å². The van der Waals surface area contributed by atoms with Crippen molar-refractivity contribution in [1.82, 2.24) is 20.5 Å². The van der Waals surface area contributed by atoms with Crippen LogP contribution < -0.4 is 10.1 Å². The van der Waals surface area contributed by atoms with Gasteiger partial charge in [0.15, 0.2) is 0 Å². The van der Waals surface area contributed by atoms with Crippen LogP contribution in [0.25, 0.3) is 22.0 Å². The van der Waals surface area contributed by atoms with Crippen molar-refractivity contribution < 1.29 is 9.53 Å². The molecular formula is C17H16N4O2. The molecule has 6 heteroatoms. The van der Waals surface area contributed by atoms with Gasteiger partial charge in [-0.2, -0.15) is 5.10 Å². The van der Waals surface area contributed by atoms with E-state index in [0.717, 1.165) is 22.0 Å². The van der Waals surface area contributed by atoms with Crippen LogP contribution in [0.1, 0.15) is 29.9 Å². The van der Waals surface area contributed by atoms with Crippen LogP contribution in [-0.4, -0.2) is 28.2 Å². The molecule has 0 aliphatic heterocycles. The summed E-state index contributed by atoms with van der Waals surface area (Å²) in [6, 6.07) is 7.72. The Bertz CT molecular complexity index is 926. The van der Waals surface area contributed by atoms with Gasteiger partial charge >= 0.3 is 0 Å². The first-order chi connectivity index (χ1) is 11.0. The molecule has 0 saturated carbocycles. The number of nitrogens with one attached hydrogen (secondary N) is 2. The zero-order valence-electron chi connectivity index (χ0n) is 13.1. The van der Waals surface area contributed by atoms with E-state index in [-0.39, 0.29) is 5.91 Å². The van der Waals surface area contributed by atoms with Gasteiger partial charge in [0.25, 0.3) is 5.91 Å². The average Bonchev–Trinajstić information content (AvgIpc) is 3.01. The number of benzene rings is 1. The molecule has 0 unspecified atom stereocenters. The quantitative estimate of drug-likeness (QED) is 0.607. The Kier molecular flexibility index (Phi) is 2.72. The fraction of sp³-hybridized carbons (Fsp3) is 0.235. The van der Waals surface area contributed by atoms with Crippen molar-refractivity contribution in [3.05, 3.63) is 41.7 Å². The van der Waals surface area contributed by atoms with Crippen molar-refractivity contribution in [3.63, 3.8) is 0 Å². The first-order valence-corrected chi connectivity index (χ1v) is 7.35. The number of hydrogen-bond donors (Lipinski definition) is 2. The number of methoxy groups -OCH3 is 1. The van der Waals surface area contributed by atoms with Crippen LogP contribution in [0.15, 0.2) is 30.5 Å². The van der Waals surface area contributed by atoms with Crippen molar-refractivity contribution in [2.24, 2.45) is 0 Å². The standard InChI is InChI=1S/C17H16N4O2/c1-17(2,10-4-5-13(23-3)18-8-10)19-16(22)15-12-7-9-6-11(9)14(12)20-21-15/h4-8H,1-3H3,(H,19,22)(H,20,21). The van der Waals surface area contributed by atoms with E-state index in [1.807, 2.05) is 26.0 Å². The number of aromatic nitrogens is 3. The molecule has 1 amide bonds. The Morgan fingerprint density at radius 2 is 2.13 bits per heavy atom. The van der Waals surface area contributed by atoms with Gasteiger partial charge in [-0.15, -0.1) is 0 Å². The Balaban J connectivity index is 1.59. The summed E-state index contributed by atoms with van der Waals surface area (Å²) in [6.45, 7) is 3.87. The average molecular weight is 308 g/mol. The highest BCUT2D eigenvalue weighted by molar-refractivity contribution is 6.15. The molecule has 2 aliphatic rings. The van der Waals surface area contributed by atoms with E-state index >= 15 is 0 Å². The van der Waals surface area contributed by atoms with Crippen molar-refractivity contribution in [2.75, 3.05) is 7.11 Å². The van der Waals surface area contributed by atoms with Crippen LogP contribution in [0, 0.1) is 0 Å². The third-order valence-corrected chi connectivity index (χ3v) is 4.21. The summed E-state index contributed by atoms with van der Waals surface area (Å²) < 4.78 is 5.06. The van der Waals surface area contributed by atoms with Gasteiger partial charge in [-0.1, -0.05) is 0 Å². The minimum Gasteiger partial charge on any atom is -0.481 e. The number of amides is 1. The first kappa shape index (κ1) is 13.8. The second-order valence-corrected chi connectivity index (χ2v) is 6.19. The predicted molar refractivity (Wildman–Crippen MR) is 86.4 cm³/mol. The maximum absolute atomic E-state index is 12.6. The van der Waals surface area contributed by atoms with Gasteiger partial charge in [0.2, 0.25) is 5.88 Å². The lowest BCUT2D eigenvalue weighted by atomic mass is 9.95. The van der Waals surface area contributed by atoms with Gasteiger partial charge in [-0.3, -0.25) is 9.89 Å². The maximum atomic E-state index is 12.6. The Labute approximate surface area is 132 Å². The number of carbonyl (C=O) groups excluding carboxylic acids is 1. The molecule has 0 aromatic carbocycles. The van der Waals surface area contributed by atoms with Crippen LogP contribution in [-0.2, 0) is 5.54 Å². The number of rotatable bonds is 4. The summed E-state index contributed by atoms with van der Waals surface area (Å²) in [6.07, 6.45) is 1.71. The van der Waals surface area contributed by atoms with Crippen LogP contribution >= 0.6 is 0 Å². The van der Waals surface area contributed by atoms with Crippen LogP contribution in [0.3, 0.4) is 0 Å². The van der Waals surface area contributed by atoms with Gasteiger partial charge in [0.05, 0.1) is 12.6 Å². The molecule has 2 aromatic heterocycles. The van der Waals surface area contributed by atoms with Crippen molar-refractivity contribution >= 4 is 16.8 Å². The number of fused-ring (bicyclic) bond motifs is 3. The maximum Gasteiger partial charge on any atom is 0.270 e. The SMILES string of the molecule is COc1ccc(C(C)(C)NC(=O)c2[nH]nc3c4cc-4cc23)cn1. The molecule has 2 aliphatic carbocycles. The summed E-state index contributed by atoms with van der Waals surface area (Å²) >= 11 is 0. The summed E-state index contributed by atoms with van der Waals surface area (Å²) in [5, 5.41) is 11.0. The summed E-state index contributed by atoms with van der Waals surface area (Å²) in [5.41, 5.74) is 4.00. The molecule has 6 nitrogen and oxygen atoms in total.